The third-order valence-electron chi connectivity index (χ3n) is 1.86. The summed E-state index contributed by atoms with van der Waals surface area (Å²) >= 11 is 0. The molecule has 5 heteroatoms. The van der Waals surface area contributed by atoms with Gasteiger partial charge in [-0.25, -0.2) is 4.79 Å². The van der Waals surface area contributed by atoms with Gasteiger partial charge in [-0.2, -0.15) is 0 Å². The smallest absolute Gasteiger partial charge is 0.341 e. The molecule has 0 fully saturated rings. The first-order chi connectivity index (χ1) is 6.75. The molecular weight excluding hydrogens is 256 g/mol. The largest absolute Gasteiger partial charge is 0.507 e. The molecule has 0 radical (unpaired) electrons. The molecule has 0 heterocycles. The summed E-state index contributed by atoms with van der Waals surface area (Å²) in [6.45, 7) is 2.43. The average Bonchev–Trinajstić information content (AvgIpc) is 2.18. The van der Waals surface area contributed by atoms with Gasteiger partial charge in [0.1, 0.15) is 11.3 Å². The number of benzene rings is 1. The van der Waals surface area contributed by atoms with Crippen molar-refractivity contribution < 1.29 is 32.0 Å². The number of rotatable bonds is 4. The number of phenolic OH excluding ortho intramolecular Hbond substituents is 1. The number of para-hydroxylation sites is 1. The van der Waals surface area contributed by atoms with E-state index in [1.807, 2.05) is 6.92 Å². The van der Waals surface area contributed by atoms with Crippen molar-refractivity contribution in [1.29, 1.82) is 0 Å². The predicted octanol–water partition coefficient (Wildman–Crippen LogP) is 1.43. The number of ether oxygens (including phenoxy) is 1. The molecule has 1 rings (SSSR count). The topological polar surface area (TPSA) is 46.5 Å². The van der Waals surface area contributed by atoms with Crippen LogP contribution >= 0.6 is 0 Å². The van der Waals surface area contributed by atoms with E-state index in [1.165, 1.54) is 6.07 Å². The Bertz CT molecular complexity index is 318. The summed E-state index contributed by atoms with van der Waals surface area (Å²) in [5.41, 5.74) is 0.226. The van der Waals surface area contributed by atoms with Crippen LogP contribution in [0.5, 0.6) is 5.75 Å². The molecule has 1 aromatic carbocycles. The Hall–Kier alpha value is -0.211. The van der Waals surface area contributed by atoms with Crippen molar-refractivity contribution >= 4 is 29.0 Å². The molecule has 0 aliphatic carbocycles. The summed E-state index contributed by atoms with van der Waals surface area (Å²) in [5.74, 6) is -0.495. The van der Waals surface area contributed by atoms with E-state index in [9.17, 15) is 9.90 Å². The minimum atomic E-state index is -0.462. The molecule has 0 spiro atoms. The first kappa shape index (κ1) is 18.2. The number of unbranched alkanes of at least 4 members (excludes halogenated alkanes) is 1. The zero-order valence-corrected chi connectivity index (χ0v) is 9.88. The second-order valence-electron chi connectivity index (χ2n) is 3.01. The van der Waals surface area contributed by atoms with E-state index in [1.54, 1.807) is 18.2 Å². The van der Waals surface area contributed by atoms with Crippen LogP contribution in [0, 0.1) is 0 Å². The minimum absolute atomic E-state index is 0. The maximum atomic E-state index is 11.4. The van der Waals surface area contributed by atoms with Crippen molar-refractivity contribution in [3.63, 3.8) is 0 Å². The molecule has 86 valence electrons. The van der Waals surface area contributed by atoms with Crippen LogP contribution in [0.3, 0.4) is 0 Å². The third-order valence-corrected chi connectivity index (χ3v) is 1.86. The van der Waals surface area contributed by atoms with Crippen molar-refractivity contribution in [3.05, 3.63) is 29.8 Å². The van der Waals surface area contributed by atoms with Gasteiger partial charge in [0.25, 0.3) is 0 Å². The first-order valence-corrected chi connectivity index (χ1v) is 4.70. The fraction of sp³-hybridized carbons (Fsp3) is 0.364. The van der Waals surface area contributed by atoms with Crippen LogP contribution < -0.4 is 0 Å². The number of phenols is 1. The molecule has 0 unspecified atom stereocenters. The van der Waals surface area contributed by atoms with Gasteiger partial charge in [-0.05, 0) is 18.6 Å². The van der Waals surface area contributed by atoms with Crippen molar-refractivity contribution in [2.24, 2.45) is 0 Å². The van der Waals surface area contributed by atoms with Crippen molar-refractivity contribution in [2.75, 3.05) is 6.61 Å². The van der Waals surface area contributed by atoms with Gasteiger partial charge in [0.2, 0.25) is 0 Å². The summed E-state index contributed by atoms with van der Waals surface area (Å²) in [5, 5.41) is 9.34. The van der Waals surface area contributed by atoms with Crippen LogP contribution in [-0.2, 0) is 22.1 Å². The molecule has 0 amide bonds. The third kappa shape index (κ3) is 5.76. The number of hydrogen-bond acceptors (Lipinski definition) is 3. The van der Waals surface area contributed by atoms with Gasteiger partial charge in [0.15, 0.2) is 0 Å². The second-order valence-corrected chi connectivity index (χ2v) is 3.01. The predicted molar refractivity (Wildman–Crippen MR) is 61.8 cm³/mol. The number of esters is 1. The standard InChI is InChI=1S/C11H14O3.Cr.Mg.2H/c1-2-3-8-14-11(13)9-6-4-5-7-10(9)12;;;;/h4-7,12H,2-3,8H2,1H3;;;;. The van der Waals surface area contributed by atoms with Gasteiger partial charge in [-0.3, -0.25) is 0 Å². The van der Waals surface area contributed by atoms with Gasteiger partial charge in [0, 0.05) is 17.4 Å². The molecule has 0 bridgehead atoms. The number of aromatic hydroxyl groups is 1. The molecule has 0 aromatic heterocycles. The number of carbonyl (C=O) groups is 1. The molecule has 1 N–H and O–H groups in total. The van der Waals surface area contributed by atoms with Crippen LogP contribution in [0.2, 0.25) is 0 Å². The molecule has 0 aliphatic rings. The summed E-state index contributed by atoms with van der Waals surface area (Å²) in [4.78, 5) is 11.4. The minimum Gasteiger partial charge on any atom is -0.507 e. The molecule has 1 aromatic rings. The Morgan fingerprint density at radius 2 is 2.00 bits per heavy atom. The average molecular weight is 273 g/mol. The zero-order chi connectivity index (χ0) is 10.4. The van der Waals surface area contributed by atoms with Crippen LogP contribution in [0.25, 0.3) is 0 Å². The monoisotopic (exact) mass is 272 g/mol. The maximum absolute atomic E-state index is 11.4. The van der Waals surface area contributed by atoms with Crippen molar-refractivity contribution in [1.82, 2.24) is 0 Å². The van der Waals surface area contributed by atoms with Gasteiger partial charge < -0.3 is 9.84 Å². The maximum Gasteiger partial charge on any atom is 0.341 e. The van der Waals surface area contributed by atoms with Crippen molar-refractivity contribution in [2.45, 2.75) is 19.8 Å². The normalized spacial score (nSPS) is 8.56. The molecule has 0 saturated heterocycles. The Balaban J connectivity index is 0. The van der Waals surface area contributed by atoms with E-state index in [2.05, 4.69) is 0 Å². The zero-order valence-electron chi connectivity index (χ0n) is 8.60. The summed E-state index contributed by atoms with van der Waals surface area (Å²) < 4.78 is 4.95. The fourth-order valence-corrected chi connectivity index (χ4v) is 1.03. The molecule has 0 atom stereocenters. The van der Waals surface area contributed by atoms with Crippen molar-refractivity contribution in [3.8, 4) is 5.75 Å². The quantitative estimate of drug-likeness (QED) is 0.512. The van der Waals surface area contributed by atoms with Crippen LogP contribution in [0.4, 0.5) is 0 Å². The van der Waals surface area contributed by atoms with E-state index in [-0.39, 0.29) is 51.7 Å². The summed E-state index contributed by atoms with van der Waals surface area (Å²) in [6.07, 6.45) is 1.83. The van der Waals surface area contributed by atoms with Gasteiger partial charge >= 0.3 is 29.0 Å². The van der Waals surface area contributed by atoms with E-state index in [0.717, 1.165) is 12.8 Å². The molecule has 3 nitrogen and oxygen atoms in total. The second kappa shape index (κ2) is 9.98. The van der Waals surface area contributed by atoms with Gasteiger partial charge in [-0.1, -0.05) is 25.5 Å². The van der Waals surface area contributed by atoms with E-state index in [4.69, 9.17) is 4.74 Å². The van der Waals surface area contributed by atoms with Gasteiger partial charge in [0.05, 0.1) is 6.61 Å². The number of carbonyl (C=O) groups excluding carboxylic acids is 1. The van der Waals surface area contributed by atoms with Crippen LogP contribution in [-0.4, -0.2) is 40.7 Å². The fourth-order valence-electron chi connectivity index (χ4n) is 1.03. The Morgan fingerprint density at radius 1 is 1.38 bits per heavy atom. The SMILES string of the molecule is CCCCOC(=O)c1ccccc1O.[Cr].[MgH2]. The van der Waals surface area contributed by atoms with Crippen LogP contribution in [0.15, 0.2) is 24.3 Å². The molecule has 16 heavy (non-hydrogen) atoms. The van der Waals surface area contributed by atoms with E-state index >= 15 is 0 Å². The Morgan fingerprint density at radius 3 is 2.56 bits per heavy atom. The van der Waals surface area contributed by atoms with Gasteiger partial charge in [-0.15, -0.1) is 0 Å². The molecular formula is C11H16CrMgO3. The van der Waals surface area contributed by atoms with E-state index < -0.39 is 5.97 Å². The summed E-state index contributed by atoms with van der Waals surface area (Å²) in [7, 11) is 0. The Labute approximate surface area is 122 Å². The number of hydrogen-bond donors (Lipinski definition) is 1. The van der Waals surface area contributed by atoms with E-state index in [0.29, 0.717) is 6.61 Å². The molecule has 0 saturated carbocycles. The molecule has 0 aliphatic heterocycles. The summed E-state index contributed by atoms with van der Waals surface area (Å²) in [6, 6.07) is 6.37. The van der Waals surface area contributed by atoms with Crippen LogP contribution in [0.1, 0.15) is 30.1 Å². The first-order valence-electron chi connectivity index (χ1n) is 4.70. The Kier molecular flexibility index (Phi) is 11.3.